The maximum Gasteiger partial charge on any atom is 0.302 e. The van der Waals surface area contributed by atoms with Crippen molar-refractivity contribution in [2.45, 2.75) is 65.6 Å². The van der Waals surface area contributed by atoms with E-state index < -0.39 is 11.6 Å². The van der Waals surface area contributed by atoms with Crippen molar-refractivity contribution in [2.75, 3.05) is 44.3 Å². The first-order valence-electron chi connectivity index (χ1n) is 14.0. The number of hydrogen-bond acceptors (Lipinski definition) is 8. The van der Waals surface area contributed by atoms with Crippen LogP contribution in [0.5, 0.6) is 11.5 Å². The smallest absolute Gasteiger partial charge is 0.302 e. The monoisotopic (exact) mass is 628 g/mol. The fourth-order valence-electron chi connectivity index (χ4n) is 4.53. The predicted molar refractivity (Wildman–Crippen MR) is 163 cm³/mol. The Morgan fingerprint density at radius 2 is 1.16 bits per heavy atom. The van der Waals surface area contributed by atoms with Crippen molar-refractivity contribution in [1.29, 1.82) is 0 Å². The second-order valence-electron chi connectivity index (χ2n) is 10.1. The molecule has 2 heterocycles. The normalized spacial score (nSPS) is 17.5. The SMILES string of the molecule is CC(=O)N1CCC[C@@H](Oc2cc(N)cc(F)c2)C1.CC(=O)N1CCC[C@@H](Oc2cc(N)cc(F)c2)C1.CCOC(C)=O.Cl. The molecule has 2 atom stereocenters. The molecule has 43 heavy (non-hydrogen) atoms. The van der Waals surface area contributed by atoms with E-state index in [9.17, 15) is 23.2 Å². The van der Waals surface area contributed by atoms with Crippen molar-refractivity contribution in [1.82, 2.24) is 9.80 Å². The number of carbonyl (C=O) groups is 3. The number of rotatable bonds is 5. The van der Waals surface area contributed by atoms with Gasteiger partial charge >= 0.3 is 5.97 Å². The van der Waals surface area contributed by atoms with Crippen molar-refractivity contribution in [3.05, 3.63) is 48.0 Å². The fourth-order valence-corrected chi connectivity index (χ4v) is 4.53. The van der Waals surface area contributed by atoms with Gasteiger partial charge in [-0.2, -0.15) is 0 Å². The van der Waals surface area contributed by atoms with Gasteiger partial charge in [-0.1, -0.05) is 0 Å². The minimum Gasteiger partial charge on any atom is -0.488 e. The molecule has 0 bridgehead atoms. The van der Waals surface area contributed by atoms with E-state index in [-0.39, 0.29) is 42.4 Å². The molecule has 2 amide bonds. The zero-order valence-corrected chi connectivity index (χ0v) is 26.0. The number of benzene rings is 2. The highest BCUT2D eigenvalue weighted by Crippen LogP contribution is 2.23. The summed E-state index contributed by atoms with van der Waals surface area (Å²) in [7, 11) is 0. The van der Waals surface area contributed by atoms with Crippen molar-refractivity contribution < 1.29 is 37.4 Å². The number of piperidine rings is 2. The summed E-state index contributed by atoms with van der Waals surface area (Å²) in [4.78, 5) is 35.9. The number of esters is 1. The molecule has 2 fully saturated rings. The van der Waals surface area contributed by atoms with Gasteiger partial charge in [0.15, 0.2) is 0 Å². The lowest BCUT2D eigenvalue weighted by Gasteiger charge is -2.32. The summed E-state index contributed by atoms with van der Waals surface area (Å²) in [6.07, 6.45) is 3.33. The van der Waals surface area contributed by atoms with Gasteiger partial charge in [0.2, 0.25) is 11.8 Å². The third-order valence-electron chi connectivity index (χ3n) is 6.39. The van der Waals surface area contributed by atoms with Crippen LogP contribution in [-0.4, -0.2) is 72.6 Å². The van der Waals surface area contributed by atoms with Crippen LogP contribution in [0.2, 0.25) is 0 Å². The summed E-state index contributed by atoms with van der Waals surface area (Å²) >= 11 is 0. The average molecular weight is 629 g/mol. The summed E-state index contributed by atoms with van der Waals surface area (Å²) in [5, 5.41) is 0. The van der Waals surface area contributed by atoms with Gasteiger partial charge in [-0.25, -0.2) is 8.78 Å². The molecule has 13 heteroatoms. The third kappa shape index (κ3) is 14.3. The van der Waals surface area contributed by atoms with Gasteiger partial charge in [-0.3, -0.25) is 14.4 Å². The quantitative estimate of drug-likeness (QED) is 0.362. The first kappa shape index (κ1) is 37.2. The minimum atomic E-state index is -0.413. The van der Waals surface area contributed by atoms with E-state index in [4.69, 9.17) is 20.9 Å². The number of nitrogen functional groups attached to an aromatic ring is 2. The molecule has 240 valence electrons. The van der Waals surface area contributed by atoms with Crippen molar-refractivity contribution in [3.8, 4) is 11.5 Å². The molecule has 0 spiro atoms. The maximum absolute atomic E-state index is 13.2. The molecule has 2 aliphatic heterocycles. The van der Waals surface area contributed by atoms with Crippen LogP contribution in [0.1, 0.15) is 53.4 Å². The molecule has 4 rings (SSSR count). The number of ether oxygens (including phenoxy) is 3. The molecular weight excluding hydrogens is 586 g/mol. The number of amides is 2. The van der Waals surface area contributed by atoms with E-state index in [0.717, 1.165) is 38.8 Å². The average Bonchev–Trinajstić information content (AvgIpc) is 2.88. The van der Waals surface area contributed by atoms with E-state index in [1.165, 1.54) is 31.2 Å². The van der Waals surface area contributed by atoms with Crippen LogP contribution >= 0.6 is 12.4 Å². The molecule has 10 nitrogen and oxygen atoms in total. The third-order valence-corrected chi connectivity index (χ3v) is 6.39. The zero-order chi connectivity index (χ0) is 31.2. The van der Waals surface area contributed by atoms with Gasteiger partial charge < -0.3 is 35.5 Å². The summed E-state index contributed by atoms with van der Waals surface area (Å²) in [5.74, 6) is -0.110. The molecule has 0 aliphatic carbocycles. The number of likely N-dealkylation sites (tertiary alicyclic amines) is 2. The number of halogens is 3. The zero-order valence-electron chi connectivity index (χ0n) is 25.1. The number of nitrogens with two attached hydrogens (primary N) is 2. The lowest BCUT2D eigenvalue weighted by Crippen LogP contribution is -2.43. The topological polar surface area (TPSA) is 137 Å². The lowest BCUT2D eigenvalue weighted by molar-refractivity contribution is -0.140. The Balaban J connectivity index is 0.000000356. The Morgan fingerprint density at radius 1 is 0.767 bits per heavy atom. The largest absolute Gasteiger partial charge is 0.488 e. The van der Waals surface area contributed by atoms with Crippen molar-refractivity contribution in [3.63, 3.8) is 0 Å². The summed E-state index contributed by atoms with van der Waals surface area (Å²) in [5.41, 5.74) is 11.8. The predicted octanol–water partition coefficient (Wildman–Crippen LogP) is 4.59. The highest BCUT2D eigenvalue weighted by molar-refractivity contribution is 5.85. The lowest BCUT2D eigenvalue weighted by atomic mass is 10.1. The first-order valence-corrected chi connectivity index (χ1v) is 14.0. The maximum atomic E-state index is 13.2. The highest BCUT2D eigenvalue weighted by atomic mass is 35.5. The Hall–Kier alpha value is -3.80. The van der Waals surface area contributed by atoms with Crippen LogP contribution in [0.4, 0.5) is 20.2 Å². The molecule has 2 aliphatic rings. The van der Waals surface area contributed by atoms with Crippen LogP contribution in [0.15, 0.2) is 36.4 Å². The van der Waals surface area contributed by atoms with Gasteiger partial charge in [-0.15, -0.1) is 12.4 Å². The molecule has 0 saturated carbocycles. The number of nitrogens with zero attached hydrogens (tertiary/aromatic N) is 2. The Labute approximate surface area is 258 Å². The molecule has 0 aromatic heterocycles. The second-order valence-corrected chi connectivity index (χ2v) is 10.1. The van der Waals surface area contributed by atoms with Gasteiger partial charge in [0.25, 0.3) is 0 Å². The van der Waals surface area contributed by atoms with Gasteiger partial charge in [0.1, 0.15) is 35.3 Å². The molecule has 0 unspecified atom stereocenters. The molecule has 2 saturated heterocycles. The van der Waals surface area contributed by atoms with Crippen LogP contribution in [0.3, 0.4) is 0 Å². The van der Waals surface area contributed by atoms with Gasteiger partial charge in [-0.05, 0) is 44.7 Å². The number of anilines is 2. The summed E-state index contributed by atoms with van der Waals surface area (Å²) in [6, 6.07) is 8.29. The number of carbonyl (C=O) groups excluding carboxylic acids is 3. The molecule has 2 aromatic carbocycles. The van der Waals surface area contributed by atoms with E-state index in [0.29, 0.717) is 42.6 Å². The number of hydrogen-bond donors (Lipinski definition) is 2. The first-order chi connectivity index (χ1) is 19.9. The Kier molecular flexibility index (Phi) is 16.2. The molecule has 2 aromatic rings. The Morgan fingerprint density at radius 3 is 1.44 bits per heavy atom. The Bertz CT molecular complexity index is 1080. The minimum absolute atomic E-state index is 0. The second kappa shape index (κ2) is 18.7. The standard InChI is InChI=1S/2C13H17FN2O2.C4H8O2.ClH/c2*1-9(17)16-4-2-3-12(8-16)18-13-6-10(14)5-11(15)7-13;1-3-6-4(2)5;/h2*5-7,12H,2-4,8,15H2,1H3;3H2,1-2H3;1H/t2*12-;;/m11../s1. The van der Waals surface area contributed by atoms with Crippen LogP contribution in [0, 0.1) is 11.6 Å². The van der Waals surface area contributed by atoms with E-state index in [2.05, 4.69) is 4.74 Å². The van der Waals surface area contributed by atoms with E-state index in [1.54, 1.807) is 42.7 Å². The van der Waals surface area contributed by atoms with Crippen LogP contribution < -0.4 is 20.9 Å². The van der Waals surface area contributed by atoms with Gasteiger partial charge in [0.05, 0.1) is 19.7 Å². The van der Waals surface area contributed by atoms with Crippen LogP contribution in [0.25, 0.3) is 0 Å². The van der Waals surface area contributed by atoms with Crippen LogP contribution in [-0.2, 0) is 19.1 Å². The summed E-state index contributed by atoms with van der Waals surface area (Å²) < 4.78 is 42.1. The fraction of sp³-hybridized carbons (Fsp3) is 0.500. The van der Waals surface area contributed by atoms with Crippen molar-refractivity contribution in [2.24, 2.45) is 0 Å². The molecule has 0 radical (unpaired) electrons. The van der Waals surface area contributed by atoms with E-state index >= 15 is 0 Å². The van der Waals surface area contributed by atoms with E-state index in [1.807, 2.05) is 0 Å². The van der Waals surface area contributed by atoms with Crippen molar-refractivity contribution >= 4 is 41.6 Å². The molecular formula is C30H43ClF2N4O6. The summed E-state index contributed by atoms with van der Waals surface area (Å²) in [6.45, 7) is 9.36. The van der Waals surface area contributed by atoms with Gasteiger partial charge in [0, 0.05) is 69.5 Å². The molecule has 4 N–H and O–H groups in total. The highest BCUT2D eigenvalue weighted by Gasteiger charge is 2.24.